The number of nitrogens with two attached hydrogens (primary N) is 1. The van der Waals surface area contributed by atoms with Crippen molar-refractivity contribution in [1.29, 1.82) is 0 Å². The predicted molar refractivity (Wildman–Crippen MR) is 132 cm³/mol. The molecule has 0 saturated carbocycles. The summed E-state index contributed by atoms with van der Waals surface area (Å²) in [6.45, 7) is 3.41. The molecule has 0 amide bonds. The number of carbonyl (C=O) groups excluding carboxylic acids is 1. The van der Waals surface area contributed by atoms with E-state index in [1.54, 1.807) is 19.9 Å². The Kier molecular flexibility index (Phi) is 9.40. The molecule has 0 bridgehead atoms. The number of aliphatic hydroxyl groups excluding tert-OH is 1. The van der Waals surface area contributed by atoms with Crippen LogP contribution in [0, 0.1) is 4.77 Å². The predicted octanol–water partition coefficient (Wildman–Crippen LogP) is 3.86. The van der Waals surface area contributed by atoms with Gasteiger partial charge in [0.1, 0.15) is 29.8 Å². The van der Waals surface area contributed by atoms with Crippen molar-refractivity contribution in [1.82, 2.24) is 14.6 Å². The topological polar surface area (TPSA) is 147 Å². The van der Waals surface area contributed by atoms with Gasteiger partial charge >= 0.3 is 19.9 Å². The second-order valence-electron chi connectivity index (χ2n) is 8.81. The number of hydrogen-bond donors (Lipinski definition) is 3. The van der Waals surface area contributed by atoms with Crippen molar-refractivity contribution in [2.24, 2.45) is 0 Å². The van der Waals surface area contributed by atoms with Crippen molar-refractivity contribution < 1.29 is 50.5 Å². The summed E-state index contributed by atoms with van der Waals surface area (Å²) in [6, 6.07) is 7.31. The average molecular weight is 599 g/mol. The molecule has 6 atom stereocenters. The molecular formula is C22H27F4N4O7PS. The highest BCUT2D eigenvalue weighted by atomic mass is 32.1. The molecule has 1 fully saturated rings. The lowest BCUT2D eigenvalue weighted by atomic mass is 9.95. The van der Waals surface area contributed by atoms with Gasteiger partial charge in [0.15, 0.2) is 6.23 Å². The van der Waals surface area contributed by atoms with Crippen molar-refractivity contribution in [2.45, 2.75) is 63.2 Å². The number of benzene rings is 1. The molecule has 216 valence electrons. The minimum absolute atomic E-state index is 0.0120. The number of rotatable bonds is 10. The van der Waals surface area contributed by atoms with Gasteiger partial charge in [-0.05, 0) is 51.2 Å². The number of para-hydroxylation sites is 1. The number of halogens is 4. The summed E-state index contributed by atoms with van der Waals surface area (Å²) in [5.41, 5.74) is 1.11. The molecule has 0 aliphatic carbocycles. The van der Waals surface area contributed by atoms with E-state index in [1.165, 1.54) is 31.2 Å². The molecule has 1 aromatic heterocycles. The maximum Gasteiger partial charge on any atom is 0.459 e. The largest absolute Gasteiger partial charge is 0.462 e. The lowest BCUT2D eigenvalue weighted by Crippen LogP contribution is -2.54. The maximum absolute atomic E-state index is 15.6. The van der Waals surface area contributed by atoms with Crippen LogP contribution in [0.15, 0.2) is 42.6 Å². The Labute approximate surface area is 225 Å². The van der Waals surface area contributed by atoms with Crippen LogP contribution >= 0.6 is 20.0 Å². The zero-order valence-corrected chi connectivity index (χ0v) is 22.6. The van der Waals surface area contributed by atoms with Gasteiger partial charge in [0.25, 0.3) is 5.67 Å². The number of anilines is 1. The van der Waals surface area contributed by atoms with Crippen LogP contribution in [-0.4, -0.2) is 63.4 Å². The van der Waals surface area contributed by atoms with E-state index in [9.17, 15) is 27.6 Å². The third kappa shape index (κ3) is 6.94. The van der Waals surface area contributed by atoms with E-state index in [4.69, 9.17) is 36.5 Å². The highest BCUT2D eigenvalue weighted by molar-refractivity contribution is 7.71. The number of esters is 1. The van der Waals surface area contributed by atoms with Crippen LogP contribution in [0.5, 0.6) is 5.75 Å². The van der Waals surface area contributed by atoms with Gasteiger partial charge in [0, 0.05) is 6.20 Å². The third-order valence-corrected chi connectivity index (χ3v) is 7.36. The number of aliphatic hydroxyl groups is 1. The van der Waals surface area contributed by atoms with Crippen LogP contribution in [0.25, 0.3) is 0 Å². The van der Waals surface area contributed by atoms with Gasteiger partial charge in [0.05, 0.1) is 12.7 Å². The highest BCUT2D eigenvalue weighted by Gasteiger charge is 2.73. The van der Waals surface area contributed by atoms with Gasteiger partial charge in [-0.3, -0.25) is 13.9 Å². The zero-order chi connectivity index (χ0) is 29.2. The van der Waals surface area contributed by atoms with Gasteiger partial charge in [0.2, 0.25) is 4.77 Å². The Morgan fingerprint density at radius 2 is 1.95 bits per heavy atom. The number of hydrogen-bond acceptors (Lipinski definition) is 10. The second-order valence-corrected chi connectivity index (χ2v) is 10.9. The van der Waals surface area contributed by atoms with E-state index < -0.39 is 67.5 Å². The van der Waals surface area contributed by atoms with Gasteiger partial charge in [-0.25, -0.2) is 13.9 Å². The molecule has 1 saturated heterocycles. The van der Waals surface area contributed by atoms with Crippen molar-refractivity contribution in [3.8, 4) is 5.75 Å². The summed E-state index contributed by atoms with van der Waals surface area (Å²) in [5, 5.41) is 12.8. The minimum Gasteiger partial charge on any atom is -0.462 e. The van der Waals surface area contributed by atoms with E-state index in [0.29, 0.717) is 4.57 Å². The van der Waals surface area contributed by atoms with Crippen LogP contribution in [0.2, 0.25) is 0 Å². The quantitative estimate of drug-likeness (QED) is 0.159. The number of aromatic nitrogens is 2. The van der Waals surface area contributed by atoms with Crippen LogP contribution in [-0.2, 0) is 23.4 Å². The van der Waals surface area contributed by atoms with Crippen LogP contribution in [0.3, 0.4) is 0 Å². The molecule has 17 heteroatoms. The van der Waals surface area contributed by atoms with E-state index in [-0.39, 0.29) is 11.6 Å². The molecule has 4 N–H and O–H groups in total. The van der Waals surface area contributed by atoms with Crippen LogP contribution in [0.4, 0.5) is 23.4 Å². The van der Waals surface area contributed by atoms with Crippen molar-refractivity contribution in [3.05, 3.63) is 47.4 Å². The van der Waals surface area contributed by atoms with Crippen molar-refractivity contribution in [2.75, 3.05) is 12.3 Å². The van der Waals surface area contributed by atoms with E-state index in [1.807, 2.05) is 0 Å². The first-order chi connectivity index (χ1) is 18.1. The Hall–Kier alpha value is -2.62. The number of alkyl halides is 4. The molecule has 2 unspecified atom stereocenters. The molecule has 0 radical (unpaired) electrons. The monoisotopic (exact) mass is 598 g/mol. The number of carbonyl (C=O) groups is 1. The Morgan fingerprint density at radius 1 is 1.31 bits per heavy atom. The first-order valence-corrected chi connectivity index (χ1v) is 13.4. The lowest BCUT2D eigenvalue weighted by Gasteiger charge is -2.31. The fourth-order valence-electron chi connectivity index (χ4n) is 3.57. The molecule has 1 aromatic carbocycles. The number of nitrogens with one attached hydrogen (secondary N) is 1. The van der Waals surface area contributed by atoms with Gasteiger partial charge < -0.3 is 24.8 Å². The summed E-state index contributed by atoms with van der Waals surface area (Å²) in [5.74, 6) is -0.952. The summed E-state index contributed by atoms with van der Waals surface area (Å²) in [6.07, 6.45) is -12.6. The SMILES string of the molecule is CC(C)OC(=O)[C@H](C)NP(=O)(OC[C@H]1O[C@@H](n2ccc(N)nc2=S)[C@@](F)(C(F)(F)F)C1O)Oc1ccccc1. The smallest absolute Gasteiger partial charge is 0.459 e. The average Bonchev–Trinajstić information content (AvgIpc) is 3.09. The molecule has 39 heavy (non-hydrogen) atoms. The van der Waals surface area contributed by atoms with Gasteiger partial charge in [-0.1, -0.05) is 18.2 Å². The number of nitrogen functional groups attached to an aromatic ring is 1. The second kappa shape index (κ2) is 11.9. The first kappa shape index (κ1) is 30.9. The Balaban J connectivity index is 1.89. The molecule has 11 nitrogen and oxygen atoms in total. The van der Waals surface area contributed by atoms with Gasteiger partial charge in [-0.15, -0.1) is 0 Å². The standard InChI is InChI=1S/C22H27F4N4O7PS/c1-12(2)35-18(32)13(3)29-38(33,37-14-7-5-4-6-8-14)34-11-15-17(31)21(23,22(24,25)26)19(36-15)30-10-9-16(27)28-20(30)39/h4-10,12-13,15,17,19,31H,11H2,1-3H3,(H,29,33)(H2,27,28,39)/t13-,15+,17?,19+,21+,38?/m0/s1. The Morgan fingerprint density at radius 3 is 2.51 bits per heavy atom. The summed E-state index contributed by atoms with van der Waals surface area (Å²) < 4.78 is 92.0. The highest BCUT2D eigenvalue weighted by Crippen LogP contribution is 2.53. The fraction of sp³-hybridized carbons (Fsp3) is 0.500. The molecule has 3 rings (SSSR count). The van der Waals surface area contributed by atoms with E-state index >= 15 is 4.39 Å². The molecule has 1 aliphatic heterocycles. The number of nitrogens with zero attached hydrogens (tertiary/aromatic N) is 2. The molecule has 0 spiro atoms. The molecular weight excluding hydrogens is 571 g/mol. The van der Waals surface area contributed by atoms with E-state index in [2.05, 4.69) is 10.1 Å². The van der Waals surface area contributed by atoms with Crippen molar-refractivity contribution in [3.63, 3.8) is 0 Å². The van der Waals surface area contributed by atoms with Crippen LogP contribution in [0.1, 0.15) is 27.0 Å². The third-order valence-electron chi connectivity index (χ3n) is 5.42. The Bertz CT molecular complexity index is 1270. The molecule has 1 aliphatic rings. The maximum atomic E-state index is 15.6. The van der Waals surface area contributed by atoms with E-state index in [0.717, 1.165) is 12.3 Å². The normalized spacial score (nSPS) is 25.7. The summed E-state index contributed by atoms with van der Waals surface area (Å²) >= 11 is 4.90. The summed E-state index contributed by atoms with van der Waals surface area (Å²) in [7, 11) is -4.57. The summed E-state index contributed by atoms with van der Waals surface area (Å²) in [4.78, 5) is 15.9. The molecule has 2 aromatic rings. The number of ether oxygens (including phenoxy) is 2. The lowest BCUT2D eigenvalue weighted by molar-refractivity contribution is -0.273. The minimum atomic E-state index is -5.64. The zero-order valence-electron chi connectivity index (χ0n) is 20.9. The van der Waals surface area contributed by atoms with Crippen LogP contribution < -0.4 is 15.3 Å². The first-order valence-electron chi connectivity index (χ1n) is 11.5. The molecule has 2 heterocycles. The van der Waals surface area contributed by atoms with Gasteiger partial charge in [-0.2, -0.15) is 18.3 Å². The van der Waals surface area contributed by atoms with Crippen molar-refractivity contribution >= 4 is 31.8 Å². The fourth-order valence-corrected chi connectivity index (χ4v) is 5.34.